The molecule has 0 N–H and O–H groups in total. The van der Waals surface area contributed by atoms with Gasteiger partial charge in [0.25, 0.3) is 0 Å². The van der Waals surface area contributed by atoms with Crippen molar-refractivity contribution in [3.8, 4) is 0 Å². The van der Waals surface area contributed by atoms with Crippen molar-refractivity contribution in [2.75, 3.05) is 238 Å². The molecule has 21 nitrogen and oxygen atoms in total. The smallest absolute Gasteiger partial charge is 0.460 e. The normalized spacial score (nSPS) is 12.8. The SMILES string of the molecule is C.C.C.C.CCC(C)C(=O)OCCC(F)(F)C(F)(F)C(F)(F)C(F)(F)C(F)(F)C(F)(F)F.CCC(C)C(=O)OCCCOCCCOCCCOCCCOCCCOCCCOCCCOCCOCCOCCOCCOCCOCCOCCOCCOCCOCCOC. The fourth-order valence-corrected chi connectivity index (χ4v) is 6.60. The zero-order valence-corrected chi connectivity index (χ0v) is 55.5. The van der Waals surface area contributed by atoms with E-state index in [4.69, 9.17) is 85.3 Å². The minimum atomic E-state index is -7.93. The number of hydrogen-bond donors (Lipinski definition) is 0. The van der Waals surface area contributed by atoms with Gasteiger partial charge in [-0.2, -0.15) is 57.1 Å². The highest BCUT2D eigenvalue weighted by atomic mass is 19.4. The van der Waals surface area contributed by atoms with E-state index in [1.807, 2.05) is 13.8 Å². The highest BCUT2D eigenvalue weighted by Crippen LogP contribution is 2.60. The van der Waals surface area contributed by atoms with Gasteiger partial charge < -0.3 is 90.0 Å². The lowest BCUT2D eigenvalue weighted by Crippen LogP contribution is -2.70. The molecule has 0 saturated heterocycles. The molecule has 0 aromatic rings. The molecule has 0 saturated carbocycles. The van der Waals surface area contributed by atoms with Crippen LogP contribution in [0.2, 0.25) is 0 Å². The molecule has 2 unspecified atom stereocenters. The van der Waals surface area contributed by atoms with Gasteiger partial charge in [-0.05, 0) is 51.4 Å². The number of alkyl halides is 13. The first kappa shape index (κ1) is 106. The number of ether oxygens (including phenoxy) is 19. The van der Waals surface area contributed by atoms with Crippen molar-refractivity contribution in [1.82, 2.24) is 0 Å². The van der Waals surface area contributed by atoms with E-state index in [0.717, 1.165) is 51.4 Å². The Balaban J connectivity index is -0.000000556. The summed E-state index contributed by atoms with van der Waals surface area (Å²) < 4.78 is 269. The molecule has 0 rings (SSSR count). The second-order valence-corrected chi connectivity index (χ2v) is 20.5. The summed E-state index contributed by atoms with van der Waals surface area (Å²) in [7, 11) is 1.65. The van der Waals surface area contributed by atoms with Crippen LogP contribution in [0, 0.1) is 11.8 Å². The van der Waals surface area contributed by atoms with Crippen molar-refractivity contribution < 1.29 is 157 Å². The molecule has 2 atom stereocenters. The summed E-state index contributed by atoms with van der Waals surface area (Å²) in [5.41, 5.74) is 0. The molecular weight excluding hydrogens is 1350 g/mol. The number of carbonyl (C=O) groups excluding carboxylic acids is 2. The Hall–Kier alpha value is -2.65. The maximum absolute atomic E-state index is 13.4. The van der Waals surface area contributed by atoms with E-state index < -0.39 is 60.7 Å². The molecule has 0 aliphatic carbocycles. The Kier molecular flexibility index (Phi) is 74.6. The Morgan fingerprint density at radius 1 is 0.265 bits per heavy atom. The van der Waals surface area contributed by atoms with Gasteiger partial charge in [0.2, 0.25) is 0 Å². The van der Waals surface area contributed by atoms with Crippen LogP contribution in [0.5, 0.6) is 0 Å². The molecule has 34 heteroatoms. The first-order valence-corrected chi connectivity index (χ1v) is 31.9. The number of carbonyl (C=O) groups is 2. The lowest BCUT2D eigenvalue weighted by molar-refractivity contribution is -0.440. The molecular formula is C64H123F13O21. The minimum absolute atomic E-state index is 0. The van der Waals surface area contributed by atoms with Crippen LogP contribution >= 0.6 is 0 Å². The van der Waals surface area contributed by atoms with Crippen molar-refractivity contribution in [2.24, 2.45) is 11.8 Å². The van der Waals surface area contributed by atoms with E-state index in [9.17, 15) is 66.7 Å². The van der Waals surface area contributed by atoms with Crippen LogP contribution in [-0.4, -0.2) is 286 Å². The molecule has 0 fully saturated rings. The molecule has 0 bridgehead atoms. The van der Waals surface area contributed by atoms with Gasteiger partial charge in [-0.1, -0.05) is 57.4 Å². The van der Waals surface area contributed by atoms with Gasteiger partial charge >= 0.3 is 47.7 Å². The first-order chi connectivity index (χ1) is 44.8. The fraction of sp³-hybridized carbons (Fsp3) is 0.969. The predicted molar refractivity (Wildman–Crippen MR) is 340 cm³/mol. The molecule has 596 valence electrons. The van der Waals surface area contributed by atoms with Crippen LogP contribution in [0.3, 0.4) is 0 Å². The minimum Gasteiger partial charge on any atom is -0.465 e. The lowest BCUT2D eigenvalue weighted by Gasteiger charge is -2.39. The number of methoxy groups -OCH3 is 1. The first-order valence-electron chi connectivity index (χ1n) is 31.9. The summed E-state index contributed by atoms with van der Waals surface area (Å²) in [4.78, 5) is 22.8. The van der Waals surface area contributed by atoms with E-state index >= 15 is 0 Å². The van der Waals surface area contributed by atoms with Crippen LogP contribution < -0.4 is 0 Å². The molecule has 0 aliphatic rings. The van der Waals surface area contributed by atoms with Gasteiger partial charge in [0.15, 0.2) is 0 Å². The van der Waals surface area contributed by atoms with Crippen LogP contribution in [0.4, 0.5) is 57.1 Å². The van der Waals surface area contributed by atoms with Gasteiger partial charge in [0.1, 0.15) is 0 Å². The third kappa shape index (κ3) is 54.1. The van der Waals surface area contributed by atoms with E-state index in [0.29, 0.717) is 225 Å². The van der Waals surface area contributed by atoms with Crippen molar-refractivity contribution in [3.05, 3.63) is 0 Å². The second kappa shape index (κ2) is 68.8. The molecule has 98 heavy (non-hydrogen) atoms. The molecule has 0 aromatic heterocycles. The van der Waals surface area contributed by atoms with Crippen molar-refractivity contribution in [2.45, 2.75) is 157 Å². The quantitative estimate of drug-likeness (QED) is 0.0315. The van der Waals surface area contributed by atoms with Crippen LogP contribution in [0.25, 0.3) is 0 Å². The van der Waals surface area contributed by atoms with Gasteiger partial charge in [-0.3, -0.25) is 9.59 Å². The van der Waals surface area contributed by atoms with E-state index in [2.05, 4.69) is 4.74 Å². The standard InChI is InChI=1S/C47H94O19.C13H13F13O2.4CH4/c1-4-46(2)47(48)66-25-11-24-55-21-9-20-53-17-7-16-51-13-5-12-50-14-6-15-52-18-8-19-54-22-10-23-56-28-29-58-32-33-60-36-37-62-40-41-64-44-45-65-43-42-63-39-38-61-35-34-59-31-30-57-27-26-49-3;1-3-6(2)7(27)28-5-4-8(14,15)9(16,17)10(18,19)11(20,21)12(22,23)13(24,25)26;;;;/h46H,4-45H2,1-3H3;6H,3-5H2,1-2H3;4*1H4. The Morgan fingerprint density at radius 3 is 0.663 bits per heavy atom. The van der Waals surface area contributed by atoms with Gasteiger partial charge in [-0.25, -0.2) is 0 Å². The van der Waals surface area contributed by atoms with Crippen LogP contribution in [-0.2, 0) is 99.6 Å². The highest BCUT2D eigenvalue weighted by molar-refractivity contribution is 5.72. The Morgan fingerprint density at radius 2 is 0.449 bits per heavy atom. The van der Waals surface area contributed by atoms with Gasteiger partial charge in [0.05, 0.1) is 164 Å². The average molecular weight is 1480 g/mol. The highest BCUT2D eigenvalue weighted by Gasteiger charge is 2.90. The summed E-state index contributed by atoms with van der Waals surface area (Å²) in [5.74, 6) is -39.5. The number of esters is 2. The lowest BCUT2D eigenvalue weighted by atomic mass is 9.93. The monoisotopic (exact) mass is 1470 g/mol. The molecule has 0 aromatic carbocycles. The Bertz CT molecular complexity index is 1710. The fourth-order valence-electron chi connectivity index (χ4n) is 6.60. The van der Waals surface area contributed by atoms with E-state index in [1.54, 1.807) is 7.11 Å². The molecule has 0 heterocycles. The van der Waals surface area contributed by atoms with Crippen LogP contribution in [0.15, 0.2) is 0 Å². The van der Waals surface area contributed by atoms with Crippen molar-refractivity contribution in [1.29, 1.82) is 0 Å². The second-order valence-electron chi connectivity index (χ2n) is 20.5. The summed E-state index contributed by atoms with van der Waals surface area (Å²) in [6.07, 6.45) is -3.22. The van der Waals surface area contributed by atoms with Crippen molar-refractivity contribution >= 4 is 11.9 Å². The molecule has 0 amide bonds. The van der Waals surface area contributed by atoms with Crippen LogP contribution in [0.1, 0.15) is 122 Å². The summed E-state index contributed by atoms with van der Waals surface area (Å²) in [6.45, 7) is 24.4. The van der Waals surface area contributed by atoms with E-state index in [1.165, 1.54) is 13.8 Å². The summed E-state index contributed by atoms with van der Waals surface area (Å²) >= 11 is 0. The summed E-state index contributed by atoms with van der Waals surface area (Å²) in [6, 6.07) is 0. The zero-order chi connectivity index (χ0) is 70.6. The third-order valence-electron chi connectivity index (χ3n) is 12.6. The average Bonchev–Trinajstić information content (AvgIpc) is 0.715. The zero-order valence-electron chi connectivity index (χ0n) is 55.5. The molecule has 0 spiro atoms. The predicted octanol–water partition coefficient (Wildman–Crippen LogP) is 12.5. The topological polar surface area (TPSA) is 210 Å². The van der Waals surface area contributed by atoms with Crippen molar-refractivity contribution in [3.63, 3.8) is 0 Å². The Labute approximate surface area is 574 Å². The maximum atomic E-state index is 13.4. The maximum Gasteiger partial charge on any atom is 0.460 e. The third-order valence-corrected chi connectivity index (χ3v) is 12.6. The molecule has 0 aliphatic heterocycles. The van der Waals surface area contributed by atoms with Gasteiger partial charge in [-0.15, -0.1) is 0 Å². The number of halogens is 13. The largest absolute Gasteiger partial charge is 0.465 e. The summed E-state index contributed by atoms with van der Waals surface area (Å²) in [5, 5.41) is 0. The van der Waals surface area contributed by atoms with E-state index in [-0.39, 0.29) is 48.0 Å². The molecule has 0 radical (unpaired) electrons. The number of rotatable bonds is 69. The number of hydrogen-bond acceptors (Lipinski definition) is 21. The van der Waals surface area contributed by atoms with Gasteiger partial charge in [0, 0.05) is 99.4 Å².